The van der Waals surface area contributed by atoms with Gasteiger partial charge in [-0.2, -0.15) is 11.8 Å². The average molecular weight is 335 g/mol. The Balaban J connectivity index is 1.69. The molecule has 2 heterocycles. The Labute approximate surface area is 132 Å². The standard InChI is InChI=1S/C12H16Cl2N4OS/c13-9-7-10(14)11(17-8-9)15-1-2-16-12(19)18-3-5-20-6-4-18/h7-8H,1-6H2,(H,15,17)(H,16,19). The van der Waals surface area contributed by atoms with E-state index in [-0.39, 0.29) is 6.03 Å². The van der Waals surface area contributed by atoms with Crippen molar-refractivity contribution in [2.45, 2.75) is 0 Å². The van der Waals surface area contributed by atoms with E-state index in [1.54, 1.807) is 6.07 Å². The number of amides is 2. The third kappa shape index (κ3) is 4.61. The van der Waals surface area contributed by atoms with Crippen LogP contribution in [0.2, 0.25) is 10.0 Å². The lowest BCUT2D eigenvalue weighted by Gasteiger charge is -2.26. The molecule has 8 heteroatoms. The van der Waals surface area contributed by atoms with Gasteiger partial charge in [-0.25, -0.2) is 9.78 Å². The Morgan fingerprint density at radius 1 is 1.35 bits per heavy atom. The molecule has 2 rings (SSSR count). The van der Waals surface area contributed by atoms with Gasteiger partial charge in [-0.15, -0.1) is 0 Å². The molecule has 1 aliphatic rings. The van der Waals surface area contributed by atoms with E-state index in [1.807, 2.05) is 16.7 Å². The molecule has 1 saturated heterocycles. The lowest BCUT2D eigenvalue weighted by atomic mass is 10.4. The summed E-state index contributed by atoms with van der Waals surface area (Å²) in [6, 6.07) is 1.62. The highest BCUT2D eigenvalue weighted by atomic mass is 35.5. The zero-order valence-electron chi connectivity index (χ0n) is 10.9. The zero-order valence-corrected chi connectivity index (χ0v) is 13.2. The van der Waals surface area contributed by atoms with E-state index in [1.165, 1.54) is 6.20 Å². The van der Waals surface area contributed by atoms with Crippen LogP contribution in [0.25, 0.3) is 0 Å². The number of carbonyl (C=O) groups is 1. The van der Waals surface area contributed by atoms with E-state index in [0.29, 0.717) is 29.0 Å². The molecular weight excluding hydrogens is 319 g/mol. The Morgan fingerprint density at radius 3 is 2.80 bits per heavy atom. The monoisotopic (exact) mass is 334 g/mol. The van der Waals surface area contributed by atoms with Crippen LogP contribution in [-0.2, 0) is 0 Å². The molecule has 2 amide bonds. The third-order valence-corrected chi connectivity index (χ3v) is 4.24. The lowest BCUT2D eigenvalue weighted by Crippen LogP contribution is -2.45. The van der Waals surface area contributed by atoms with Crippen LogP contribution in [0.3, 0.4) is 0 Å². The van der Waals surface area contributed by atoms with Gasteiger partial charge in [-0.05, 0) is 6.07 Å². The highest BCUT2D eigenvalue weighted by molar-refractivity contribution is 7.99. The van der Waals surface area contributed by atoms with Crippen molar-refractivity contribution in [1.29, 1.82) is 0 Å². The molecule has 0 unspecified atom stereocenters. The van der Waals surface area contributed by atoms with Gasteiger partial charge < -0.3 is 15.5 Å². The van der Waals surface area contributed by atoms with Gasteiger partial charge in [0, 0.05) is 43.9 Å². The fourth-order valence-electron chi connectivity index (χ4n) is 1.77. The van der Waals surface area contributed by atoms with E-state index in [0.717, 1.165) is 24.6 Å². The molecule has 0 aromatic carbocycles. The van der Waals surface area contributed by atoms with Gasteiger partial charge in [0.05, 0.1) is 10.0 Å². The second-order valence-electron chi connectivity index (χ2n) is 4.24. The Hall–Kier alpha value is -0.850. The van der Waals surface area contributed by atoms with Crippen LogP contribution in [-0.4, -0.2) is 53.6 Å². The molecule has 0 saturated carbocycles. The van der Waals surface area contributed by atoms with Crippen LogP contribution in [0.15, 0.2) is 12.3 Å². The van der Waals surface area contributed by atoms with Crippen LogP contribution < -0.4 is 10.6 Å². The number of halogens is 2. The Bertz CT molecular complexity index is 469. The van der Waals surface area contributed by atoms with Crippen molar-refractivity contribution >= 4 is 46.8 Å². The first-order chi connectivity index (χ1) is 9.66. The summed E-state index contributed by atoms with van der Waals surface area (Å²) in [6.45, 7) is 2.70. The van der Waals surface area contributed by atoms with E-state index in [4.69, 9.17) is 23.2 Å². The van der Waals surface area contributed by atoms with Gasteiger partial charge in [-0.1, -0.05) is 23.2 Å². The van der Waals surface area contributed by atoms with Gasteiger partial charge in [0.25, 0.3) is 0 Å². The molecule has 20 heavy (non-hydrogen) atoms. The number of rotatable bonds is 4. The number of pyridine rings is 1. The van der Waals surface area contributed by atoms with E-state index < -0.39 is 0 Å². The fourth-order valence-corrected chi connectivity index (χ4v) is 3.12. The largest absolute Gasteiger partial charge is 0.367 e. The molecule has 1 aliphatic heterocycles. The number of urea groups is 1. The first-order valence-electron chi connectivity index (χ1n) is 6.32. The van der Waals surface area contributed by atoms with Gasteiger partial charge >= 0.3 is 6.03 Å². The van der Waals surface area contributed by atoms with Gasteiger partial charge in [0.1, 0.15) is 5.82 Å². The van der Waals surface area contributed by atoms with Crippen molar-refractivity contribution in [2.75, 3.05) is 43.0 Å². The summed E-state index contributed by atoms with van der Waals surface area (Å²) in [6.07, 6.45) is 1.53. The molecular formula is C12H16Cl2N4OS. The maximum atomic E-state index is 11.8. The minimum Gasteiger partial charge on any atom is -0.367 e. The normalized spacial score (nSPS) is 15.0. The Morgan fingerprint density at radius 2 is 2.10 bits per heavy atom. The minimum absolute atomic E-state index is 0.0118. The number of thioether (sulfide) groups is 1. The van der Waals surface area contributed by atoms with Crippen molar-refractivity contribution in [3.8, 4) is 0 Å². The van der Waals surface area contributed by atoms with Crippen molar-refractivity contribution in [1.82, 2.24) is 15.2 Å². The molecule has 0 bridgehead atoms. The summed E-state index contributed by atoms with van der Waals surface area (Å²) in [5.74, 6) is 2.59. The number of nitrogens with zero attached hydrogens (tertiary/aromatic N) is 2. The molecule has 1 aromatic heterocycles. The molecule has 0 radical (unpaired) electrons. The van der Waals surface area contributed by atoms with Crippen LogP contribution in [0.1, 0.15) is 0 Å². The van der Waals surface area contributed by atoms with Crippen molar-refractivity contribution in [2.24, 2.45) is 0 Å². The minimum atomic E-state index is -0.0118. The summed E-state index contributed by atoms with van der Waals surface area (Å²) in [5, 5.41) is 6.90. The van der Waals surface area contributed by atoms with Gasteiger partial charge in [-0.3, -0.25) is 0 Å². The maximum absolute atomic E-state index is 11.8. The number of carbonyl (C=O) groups excluding carboxylic acids is 1. The lowest BCUT2D eigenvalue weighted by molar-refractivity contribution is 0.203. The fraction of sp³-hybridized carbons (Fsp3) is 0.500. The van der Waals surface area contributed by atoms with Crippen molar-refractivity contribution < 1.29 is 4.79 Å². The number of hydrogen-bond donors (Lipinski definition) is 2. The number of anilines is 1. The van der Waals surface area contributed by atoms with E-state index in [2.05, 4.69) is 15.6 Å². The number of aromatic nitrogens is 1. The van der Waals surface area contributed by atoms with Crippen molar-refractivity contribution in [3.63, 3.8) is 0 Å². The molecule has 0 aliphatic carbocycles. The first-order valence-corrected chi connectivity index (χ1v) is 8.23. The van der Waals surface area contributed by atoms with Crippen LogP contribution >= 0.6 is 35.0 Å². The molecule has 0 spiro atoms. The Kier molecular flexibility index (Phi) is 6.06. The second kappa shape index (κ2) is 7.81. The molecule has 110 valence electrons. The molecule has 0 atom stereocenters. The first kappa shape index (κ1) is 15.5. The van der Waals surface area contributed by atoms with E-state index in [9.17, 15) is 4.79 Å². The highest BCUT2D eigenvalue weighted by Crippen LogP contribution is 2.21. The molecule has 1 fully saturated rings. The molecule has 1 aromatic rings. The predicted octanol–water partition coefficient (Wildman–Crippen LogP) is 2.56. The third-order valence-electron chi connectivity index (χ3n) is 2.80. The summed E-state index contributed by atoms with van der Waals surface area (Å²) >= 11 is 13.6. The van der Waals surface area contributed by atoms with Crippen LogP contribution in [0, 0.1) is 0 Å². The summed E-state index contributed by atoms with van der Waals surface area (Å²) in [5.41, 5.74) is 0. The second-order valence-corrected chi connectivity index (χ2v) is 6.31. The molecule has 2 N–H and O–H groups in total. The number of hydrogen-bond acceptors (Lipinski definition) is 4. The van der Waals surface area contributed by atoms with Crippen molar-refractivity contribution in [3.05, 3.63) is 22.3 Å². The maximum Gasteiger partial charge on any atom is 0.317 e. The average Bonchev–Trinajstić information content (AvgIpc) is 2.46. The number of nitrogens with one attached hydrogen (secondary N) is 2. The van der Waals surface area contributed by atoms with Gasteiger partial charge in [0.15, 0.2) is 0 Å². The topological polar surface area (TPSA) is 57.3 Å². The SMILES string of the molecule is O=C(NCCNc1ncc(Cl)cc1Cl)N1CCSCC1. The summed E-state index contributed by atoms with van der Waals surface area (Å²) in [7, 11) is 0. The highest BCUT2D eigenvalue weighted by Gasteiger charge is 2.15. The summed E-state index contributed by atoms with van der Waals surface area (Å²) < 4.78 is 0. The van der Waals surface area contributed by atoms with Crippen LogP contribution in [0.4, 0.5) is 10.6 Å². The smallest absolute Gasteiger partial charge is 0.317 e. The zero-order chi connectivity index (χ0) is 14.4. The quantitative estimate of drug-likeness (QED) is 0.831. The predicted molar refractivity (Wildman–Crippen MR) is 85.0 cm³/mol. The van der Waals surface area contributed by atoms with E-state index >= 15 is 0 Å². The summed E-state index contributed by atoms with van der Waals surface area (Å²) in [4.78, 5) is 17.8. The molecule has 5 nitrogen and oxygen atoms in total. The van der Waals surface area contributed by atoms with Crippen LogP contribution in [0.5, 0.6) is 0 Å². The van der Waals surface area contributed by atoms with Gasteiger partial charge in [0.2, 0.25) is 0 Å².